The Morgan fingerprint density at radius 2 is 1.56 bits per heavy atom. The predicted molar refractivity (Wildman–Crippen MR) is 105 cm³/mol. The highest BCUT2D eigenvalue weighted by molar-refractivity contribution is 5.94. The molecule has 138 valence electrons. The summed E-state index contributed by atoms with van der Waals surface area (Å²) in [5, 5.41) is 5.95. The number of hydrogen-bond acceptors (Lipinski definition) is 4. The fourth-order valence-corrected chi connectivity index (χ4v) is 3.46. The molecule has 0 spiro atoms. The molecule has 0 saturated carbocycles. The zero-order chi connectivity index (χ0) is 19.0. The van der Waals surface area contributed by atoms with Gasteiger partial charge in [0.2, 0.25) is 0 Å². The minimum absolute atomic E-state index is 0.0321. The lowest BCUT2D eigenvalue weighted by molar-refractivity contribution is 0.0664. The van der Waals surface area contributed by atoms with Crippen molar-refractivity contribution in [1.29, 1.82) is 0 Å². The number of aryl methyl sites for hydroxylation is 1. The van der Waals surface area contributed by atoms with Crippen LogP contribution in [0.1, 0.15) is 16.1 Å². The maximum Gasteiger partial charge on any atom is 0.279 e. The normalized spacial score (nSPS) is 15.3. The van der Waals surface area contributed by atoms with Gasteiger partial charge in [0.25, 0.3) is 11.5 Å². The van der Waals surface area contributed by atoms with E-state index in [9.17, 15) is 9.59 Å². The quantitative estimate of drug-likeness (QED) is 0.700. The van der Waals surface area contributed by atoms with E-state index in [1.165, 1.54) is 4.68 Å². The molecule has 0 radical (unpaired) electrons. The number of nitrogens with zero attached hydrogens (tertiary/aromatic N) is 4. The summed E-state index contributed by atoms with van der Waals surface area (Å²) in [4.78, 5) is 29.6. The number of hydrogen-bond donors (Lipinski definition) is 0. The Hall–Kier alpha value is -2.99. The highest BCUT2D eigenvalue weighted by atomic mass is 16.2. The third kappa shape index (κ3) is 3.24. The molecule has 4 rings (SSSR count). The predicted octanol–water partition coefficient (Wildman–Crippen LogP) is 2.08. The van der Waals surface area contributed by atoms with Gasteiger partial charge in [0, 0.05) is 37.1 Å². The van der Waals surface area contributed by atoms with E-state index in [0.717, 1.165) is 37.3 Å². The van der Waals surface area contributed by atoms with Crippen molar-refractivity contribution in [2.75, 3.05) is 33.2 Å². The third-order valence-corrected chi connectivity index (χ3v) is 5.14. The van der Waals surface area contributed by atoms with Crippen LogP contribution in [0.25, 0.3) is 16.5 Å². The fraction of sp³-hybridized carbons (Fsp3) is 0.286. The van der Waals surface area contributed by atoms with Crippen molar-refractivity contribution in [1.82, 2.24) is 19.6 Å². The van der Waals surface area contributed by atoms with Gasteiger partial charge >= 0.3 is 0 Å². The first-order chi connectivity index (χ1) is 13.0. The number of carbonyl (C=O) groups is 1. The van der Waals surface area contributed by atoms with Gasteiger partial charge in [-0.3, -0.25) is 9.59 Å². The molecule has 3 aromatic rings. The van der Waals surface area contributed by atoms with Crippen LogP contribution in [0.3, 0.4) is 0 Å². The van der Waals surface area contributed by atoms with E-state index in [4.69, 9.17) is 0 Å². The molecule has 2 aromatic carbocycles. The maximum absolute atomic E-state index is 12.8. The summed E-state index contributed by atoms with van der Waals surface area (Å²) < 4.78 is 1.40. The Bertz CT molecular complexity index is 1050. The number of fused-ring (bicyclic) bond motifs is 1. The molecule has 6 nitrogen and oxygen atoms in total. The lowest BCUT2D eigenvalue weighted by Crippen LogP contribution is -2.47. The van der Waals surface area contributed by atoms with Crippen LogP contribution in [0, 0.1) is 6.92 Å². The summed E-state index contributed by atoms with van der Waals surface area (Å²) in [6.45, 7) is 5.15. The van der Waals surface area contributed by atoms with Gasteiger partial charge < -0.3 is 9.80 Å². The summed E-state index contributed by atoms with van der Waals surface area (Å²) in [7, 11) is 2.06. The second-order valence-corrected chi connectivity index (χ2v) is 6.99. The van der Waals surface area contributed by atoms with Crippen LogP contribution in [0.15, 0.2) is 53.3 Å². The van der Waals surface area contributed by atoms with Gasteiger partial charge in [0.15, 0.2) is 0 Å². The Morgan fingerprint density at radius 1 is 0.926 bits per heavy atom. The molecule has 1 aromatic heterocycles. The van der Waals surface area contributed by atoms with Crippen LogP contribution >= 0.6 is 0 Å². The average Bonchev–Trinajstić information content (AvgIpc) is 2.71. The molecule has 2 heterocycles. The van der Waals surface area contributed by atoms with Gasteiger partial charge in [-0.25, -0.2) is 0 Å². The first kappa shape index (κ1) is 17.4. The van der Waals surface area contributed by atoms with Crippen molar-refractivity contribution in [3.05, 3.63) is 70.1 Å². The Labute approximate surface area is 157 Å². The second-order valence-electron chi connectivity index (χ2n) is 6.99. The van der Waals surface area contributed by atoms with E-state index in [-0.39, 0.29) is 11.5 Å². The van der Waals surface area contributed by atoms with Crippen molar-refractivity contribution < 1.29 is 4.79 Å². The van der Waals surface area contributed by atoms with E-state index >= 15 is 0 Å². The van der Waals surface area contributed by atoms with E-state index < -0.39 is 0 Å². The molecule has 1 amide bonds. The van der Waals surface area contributed by atoms with E-state index in [1.807, 2.05) is 36.1 Å². The van der Waals surface area contributed by atoms with Crippen LogP contribution in [0.4, 0.5) is 0 Å². The number of aromatic nitrogens is 2. The molecule has 0 N–H and O–H groups in total. The molecule has 0 unspecified atom stereocenters. The first-order valence-corrected chi connectivity index (χ1v) is 9.11. The van der Waals surface area contributed by atoms with Gasteiger partial charge in [-0.15, -0.1) is 0 Å². The molecule has 6 heteroatoms. The fourth-order valence-electron chi connectivity index (χ4n) is 3.46. The van der Waals surface area contributed by atoms with Crippen LogP contribution in [-0.4, -0.2) is 58.7 Å². The Kier molecular flexibility index (Phi) is 4.49. The summed E-state index contributed by atoms with van der Waals surface area (Å²) in [5.41, 5.74) is 1.93. The van der Waals surface area contributed by atoms with Crippen molar-refractivity contribution in [3.8, 4) is 5.69 Å². The Balaban J connectivity index is 1.65. The molecule has 27 heavy (non-hydrogen) atoms. The smallest absolute Gasteiger partial charge is 0.279 e. The number of benzene rings is 2. The van der Waals surface area contributed by atoms with Crippen molar-refractivity contribution in [3.63, 3.8) is 0 Å². The standard InChI is InChI=1S/C21H22N4O2/c1-15-18-5-3-4-6-19(18)21(27)25(22-15)17-9-7-16(8-10-17)20(26)24-13-11-23(2)12-14-24/h3-10H,11-14H2,1-2H3. The van der Waals surface area contributed by atoms with Gasteiger partial charge in [-0.05, 0) is 44.3 Å². The summed E-state index contributed by atoms with van der Waals surface area (Å²) >= 11 is 0. The van der Waals surface area contributed by atoms with Gasteiger partial charge in [0.1, 0.15) is 0 Å². The summed E-state index contributed by atoms with van der Waals surface area (Å²) in [6, 6.07) is 14.6. The molecular formula is C21H22N4O2. The number of amides is 1. The molecule has 1 aliphatic heterocycles. The van der Waals surface area contributed by atoms with Gasteiger partial charge in [0.05, 0.1) is 16.8 Å². The first-order valence-electron chi connectivity index (χ1n) is 9.11. The topological polar surface area (TPSA) is 58.4 Å². The van der Waals surface area contributed by atoms with Crippen LogP contribution in [0.5, 0.6) is 0 Å². The van der Waals surface area contributed by atoms with Crippen LogP contribution in [0.2, 0.25) is 0 Å². The van der Waals surface area contributed by atoms with E-state index in [0.29, 0.717) is 16.6 Å². The second kappa shape index (κ2) is 6.96. The van der Waals surface area contributed by atoms with Gasteiger partial charge in [-0.2, -0.15) is 9.78 Å². The third-order valence-electron chi connectivity index (χ3n) is 5.14. The number of piperazine rings is 1. The minimum Gasteiger partial charge on any atom is -0.336 e. The SMILES string of the molecule is Cc1nn(-c2ccc(C(=O)N3CCN(C)CC3)cc2)c(=O)c2ccccc12. The molecule has 1 saturated heterocycles. The van der Waals surface area contributed by atoms with Crippen LogP contribution < -0.4 is 5.56 Å². The summed E-state index contributed by atoms with van der Waals surface area (Å²) in [6.07, 6.45) is 0. The van der Waals surface area contributed by atoms with Gasteiger partial charge in [-0.1, -0.05) is 18.2 Å². The minimum atomic E-state index is -0.158. The highest BCUT2D eigenvalue weighted by Gasteiger charge is 2.20. The molecule has 1 fully saturated rings. The van der Waals surface area contributed by atoms with E-state index in [2.05, 4.69) is 17.0 Å². The number of carbonyl (C=O) groups excluding carboxylic acids is 1. The average molecular weight is 362 g/mol. The number of likely N-dealkylation sites (N-methyl/N-ethyl adjacent to an activating group) is 1. The molecule has 1 aliphatic rings. The maximum atomic E-state index is 12.8. The molecule has 0 atom stereocenters. The largest absolute Gasteiger partial charge is 0.336 e. The lowest BCUT2D eigenvalue weighted by atomic mass is 10.1. The summed E-state index contributed by atoms with van der Waals surface area (Å²) in [5.74, 6) is 0.0321. The molecular weight excluding hydrogens is 340 g/mol. The zero-order valence-corrected chi connectivity index (χ0v) is 15.6. The highest BCUT2D eigenvalue weighted by Crippen LogP contribution is 2.15. The monoisotopic (exact) mass is 362 g/mol. The van der Waals surface area contributed by atoms with Crippen molar-refractivity contribution in [2.45, 2.75) is 6.92 Å². The molecule has 0 bridgehead atoms. The van der Waals surface area contributed by atoms with Crippen LogP contribution in [-0.2, 0) is 0 Å². The van der Waals surface area contributed by atoms with Crippen molar-refractivity contribution in [2.24, 2.45) is 0 Å². The molecule has 0 aliphatic carbocycles. The van der Waals surface area contributed by atoms with E-state index in [1.54, 1.807) is 24.3 Å². The van der Waals surface area contributed by atoms with Crippen molar-refractivity contribution >= 4 is 16.7 Å². The zero-order valence-electron chi connectivity index (χ0n) is 15.6. The number of rotatable bonds is 2. The lowest BCUT2D eigenvalue weighted by Gasteiger charge is -2.32. The Morgan fingerprint density at radius 3 is 2.22 bits per heavy atom.